The number of methoxy groups -OCH3 is 1. The van der Waals surface area contributed by atoms with Crippen LogP contribution in [0.4, 0.5) is 0 Å². The van der Waals surface area contributed by atoms with Gasteiger partial charge in [-0.15, -0.1) is 0 Å². The number of aliphatic hydroxyl groups is 1. The fraction of sp³-hybridized carbons (Fsp3) is 0.273. The molecule has 1 aromatic rings. The molecule has 86 valence electrons. The van der Waals surface area contributed by atoms with E-state index >= 15 is 0 Å². The van der Waals surface area contributed by atoms with Gasteiger partial charge in [0.05, 0.1) is 7.11 Å². The molecule has 0 saturated heterocycles. The number of aliphatic hydroxyl groups excluding tert-OH is 1. The summed E-state index contributed by atoms with van der Waals surface area (Å²) in [7, 11) is 1.42. The predicted molar refractivity (Wildman–Crippen MR) is 55.7 cm³/mol. The van der Waals surface area contributed by atoms with Crippen molar-refractivity contribution in [3.8, 4) is 5.75 Å². The zero-order valence-corrected chi connectivity index (χ0v) is 8.93. The third-order valence-corrected chi connectivity index (χ3v) is 2.27. The molecule has 0 saturated carbocycles. The normalized spacial score (nSPS) is 11.9. The summed E-state index contributed by atoms with van der Waals surface area (Å²) in [6.45, 7) is 1.64. The number of carboxylic acid groups (broad SMARTS) is 1. The van der Waals surface area contributed by atoms with Gasteiger partial charge < -0.3 is 14.9 Å². The van der Waals surface area contributed by atoms with E-state index < -0.39 is 12.1 Å². The summed E-state index contributed by atoms with van der Waals surface area (Å²) in [5.41, 5.74) is 0.778. The molecule has 5 nitrogen and oxygen atoms in total. The van der Waals surface area contributed by atoms with Crippen LogP contribution in [0.15, 0.2) is 12.1 Å². The van der Waals surface area contributed by atoms with E-state index in [9.17, 15) is 14.7 Å². The highest BCUT2D eigenvalue weighted by molar-refractivity contribution is 5.85. The van der Waals surface area contributed by atoms with Gasteiger partial charge in [0.2, 0.25) is 0 Å². The Morgan fingerprint density at radius 1 is 1.50 bits per heavy atom. The van der Waals surface area contributed by atoms with E-state index in [0.29, 0.717) is 17.6 Å². The number of carboxylic acids is 1. The number of benzene rings is 1. The molecule has 0 amide bonds. The molecule has 0 aromatic heterocycles. The van der Waals surface area contributed by atoms with E-state index in [0.717, 1.165) is 0 Å². The second-order valence-electron chi connectivity index (χ2n) is 3.31. The van der Waals surface area contributed by atoms with Crippen molar-refractivity contribution in [2.75, 3.05) is 7.11 Å². The number of ether oxygens (including phenoxy) is 1. The summed E-state index contributed by atoms with van der Waals surface area (Å²) in [5.74, 6) is -1.01. The average Bonchev–Trinajstić information content (AvgIpc) is 2.26. The highest BCUT2D eigenvalue weighted by Gasteiger charge is 2.21. The van der Waals surface area contributed by atoms with Crippen molar-refractivity contribution in [2.24, 2.45) is 0 Å². The van der Waals surface area contributed by atoms with Crippen LogP contribution in [0.2, 0.25) is 0 Å². The van der Waals surface area contributed by atoms with Crippen molar-refractivity contribution in [2.45, 2.75) is 13.0 Å². The van der Waals surface area contributed by atoms with Gasteiger partial charge in [0.25, 0.3) is 0 Å². The summed E-state index contributed by atoms with van der Waals surface area (Å²) in [6.07, 6.45) is -1.20. The van der Waals surface area contributed by atoms with E-state index in [4.69, 9.17) is 9.84 Å². The standard InChI is InChI=1S/C11H12O5/c1-6-3-7(16-2)4-8(9(6)5-12)10(13)11(14)15/h3-5,10,13H,1-2H3,(H,14,15). The van der Waals surface area contributed by atoms with Gasteiger partial charge in [0.15, 0.2) is 12.4 Å². The molecule has 0 aliphatic carbocycles. The molecule has 0 heterocycles. The van der Waals surface area contributed by atoms with Crippen molar-refractivity contribution in [1.82, 2.24) is 0 Å². The van der Waals surface area contributed by atoms with Gasteiger partial charge in [-0.05, 0) is 24.6 Å². The lowest BCUT2D eigenvalue weighted by Crippen LogP contribution is -2.13. The van der Waals surface area contributed by atoms with Crippen LogP contribution < -0.4 is 4.74 Å². The van der Waals surface area contributed by atoms with Gasteiger partial charge >= 0.3 is 5.97 Å². The largest absolute Gasteiger partial charge is 0.497 e. The number of hydrogen-bond donors (Lipinski definition) is 2. The second kappa shape index (κ2) is 4.76. The first-order valence-electron chi connectivity index (χ1n) is 4.55. The minimum atomic E-state index is -1.73. The molecule has 1 rings (SSSR count). The van der Waals surface area contributed by atoms with Crippen molar-refractivity contribution < 1.29 is 24.5 Å². The zero-order valence-electron chi connectivity index (χ0n) is 8.93. The Morgan fingerprint density at radius 2 is 2.12 bits per heavy atom. The van der Waals surface area contributed by atoms with Crippen LogP contribution in [-0.4, -0.2) is 29.6 Å². The Balaban J connectivity index is 3.39. The van der Waals surface area contributed by atoms with E-state index in [1.165, 1.54) is 13.2 Å². The lowest BCUT2D eigenvalue weighted by atomic mass is 9.98. The number of hydrogen-bond acceptors (Lipinski definition) is 4. The Hall–Kier alpha value is -1.88. The fourth-order valence-electron chi connectivity index (χ4n) is 1.43. The van der Waals surface area contributed by atoms with Crippen LogP contribution in [0, 0.1) is 6.92 Å². The van der Waals surface area contributed by atoms with Crippen LogP contribution in [0.1, 0.15) is 27.6 Å². The molecule has 1 unspecified atom stereocenters. The number of carbonyl (C=O) groups is 2. The van der Waals surface area contributed by atoms with Crippen LogP contribution >= 0.6 is 0 Å². The molecule has 5 heteroatoms. The maximum absolute atomic E-state index is 10.8. The molecule has 0 fully saturated rings. The molecule has 2 N–H and O–H groups in total. The molecule has 0 spiro atoms. The molecule has 1 aromatic carbocycles. The third kappa shape index (κ3) is 2.20. The van der Waals surface area contributed by atoms with Crippen molar-refractivity contribution in [3.63, 3.8) is 0 Å². The van der Waals surface area contributed by atoms with Crippen LogP contribution in [0.25, 0.3) is 0 Å². The van der Waals surface area contributed by atoms with Gasteiger partial charge in [-0.25, -0.2) is 4.79 Å². The minimum absolute atomic E-state index is 0.0411. The summed E-state index contributed by atoms with van der Waals surface area (Å²) < 4.78 is 4.95. The monoisotopic (exact) mass is 224 g/mol. The predicted octanol–water partition coefficient (Wildman–Crippen LogP) is 0.934. The molecular formula is C11H12O5. The van der Waals surface area contributed by atoms with Gasteiger partial charge in [0, 0.05) is 11.1 Å². The quantitative estimate of drug-likeness (QED) is 0.743. The van der Waals surface area contributed by atoms with E-state index in [-0.39, 0.29) is 11.1 Å². The van der Waals surface area contributed by atoms with Crippen LogP contribution in [0.3, 0.4) is 0 Å². The van der Waals surface area contributed by atoms with Gasteiger partial charge in [0.1, 0.15) is 5.75 Å². The zero-order chi connectivity index (χ0) is 12.3. The van der Waals surface area contributed by atoms with Crippen molar-refractivity contribution in [3.05, 3.63) is 28.8 Å². The summed E-state index contributed by atoms with van der Waals surface area (Å²) in [5, 5.41) is 18.1. The minimum Gasteiger partial charge on any atom is -0.497 e. The van der Waals surface area contributed by atoms with Crippen LogP contribution in [0.5, 0.6) is 5.75 Å². The molecule has 16 heavy (non-hydrogen) atoms. The molecule has 0 aliphatic rings. The Bertz CT molecular complexity index is 425. The fourth-order valence-corrected chi connectivity index (χ4v) is 1.43. The Morgan fingerprint density at radius 3 is 2.56 bits per heavy atom. The highest BCUT2D eigenvalue weighted by atomic mass is 16.5. The summed E-state index contributed by atoms with van der Waals surface area (Å²) >= 11 is 0. The van der Waals surface area contributed by atoms with Gasteiger partial charge in [-0.1, -0.05) is 0 Å². The maximum atomic E-state index is 10.8. The van der Waals surface area contributed by atoms with Crippen molar-refractivity contribution >= 4 is 12.3 Å². The smallest absolute Gasteiger partial charge is 0.337 e. The number of rotatable bonds is 4. The van der Waals surface area contributed by atoms with E-state index in [1.54, 1.807) is 13.0 Å². The molecular weight excluding hydrogens is 212 g/mol. The number of carbonyl (C=O) groups excluding carboxylic acids is 1. The Labute approximate surface area is 92.3 Å². The van der Waals surface area contributed by atoms with Crippen molar-refractivity contribution in [1.29, 1.82) is 0 Å². The lowest BCUT2D eigenvalue weighted by molar-refractivity contribution is -0.146. The third-order valence-electron chi connectivity index (χ3n) is 2.27. The Kier molecular flexibility index (Phi) is 3.63. The summed E-state index contributed by atoms with van der Waals surface area (Å²) in [6, 6.07) is 2.94. The SMILES string of the molecule is COc1cc(C)c(C=O)c(C(O)C(=O)O)c1. The first-order valence-corrected chi connectivity index (χ1v) is 4.55. The first kappa shape index (κ1) is 12.2. The second-order valence-corrected chi connectivity index (χ2v) is 3.31. The average molecular weight is 224 g/mol. The topological polar surface area (TPSA) is 83.8 Å². The number of aldehydes is 1. The summed E-state index contributed by atoms with van der Waals surface area (Å²) in [4.78, 5) is 21.5. The molecule has 0 bridgehead atoms. The van der Waals surface area contributed by atoms with E-state index in [2.05, 4.69) is 0 Å². The number of aryl methyl sites for hydroxylation is 1. The molecule has 1 atom stereocenters. The highest BCUT2D eigenvalue weighted by Crippen LogP contribution is 2.26. The van der Waals surface area contributed by atoms with Gasteiger partial charge in [-0.3, -0.25) is 4.79 Å². The van der Waals surface area contributed by atoms with E-state index in [1.807, 2.05) is 0 Å². The van der Waals surface area contributed by atoms with Gasteiger partial charge in [-0.2, -0.15) is 0 Å². The van der Waals surface area contributed by atoms with Crippen LogP contribution in [-0.2, 0) is 4.79 Å². The number of aliphatic carboxylic acids is 1. The molecule has 0 radical (unpaired) electrons. The lowest BCUT2D eigenvalue weighted by Gasteiger charge is -2.12. The first-order chi connectivity index (χ1) is 7.51. The maximum Gasteiger partial charge on any atom is 0.337 e. The molecule has 0 aliphatic heterocycles.